The van der Waals surface area contributed by atoms with Crippen LogP contribution in [-0.2, 0) is 4.79 Å². The zero-order chi connectivity index (χ0) is 14.8. The van der Waals surface area contributed by atoms with Crippen LogP contribution in [0.25, 0.3) is 0 Å². The fourth-order valence-electron chi connectivity index (χ4n) is 1.73. The van der Waals surface area contributed by atoms with Crippen molar-refractivity contribution < 1.29 is 27.8 Å². The number of carbonyl (C=O) groups is 1. The third-order valence-electron chi connectivity index (χ3n) is 2.47. The highest BCUT2D eigenvalue weighted by molar-refractivity contribution is 6.32. The highest BCUT2D eigenvalue weighted by Crippen LogP contribution is 2.34. The molecule has 0 aliphatic carbocycles. The van der Waals surface area contributed by atoms with Crippen LogP contribution in [0.4, 0.5) is 13.2 Å². The van der Waals surface area contributed by atoms with Gasteiger partial charge in [-0.2, -0.15) is 0 Å². The molecule has 0 radical (unpaired) electrons. The molecule has 0 aromatic heterocycles. The maximum atomic E-state index is 12.1. The highest BCUT2D eigenvalue weighted by atomic mass is 35.5. The minimum atomic E-state index is -4.84. The number of rotatable bonds is 4. The molecule has 0 bridgehead atoms. The highest BCUT2D eigenvalue weighted by Gasteiger charge is 2.32. The molecule has 1 rings (SSSR count). The van der Waals surface area contributed by atoms with Crippen molar-refractivity contribution in [1.82, 2.24) is 0 Å². The summed E-state index contributed by atoms with van der Waals surface area (Å²) in [6.45, 7) is 3.40. The van der Waals surface area contributed by atoms with Crippen LogP contribution in [0.3, 0.4) is 0 Å². The molecule has 106 valence electrons. The van der Waals surface area contributed by atoms with Gasteiger partial charge in [-0.1, -0.05) is 31.5 Å². The molecule has 0 aliphatic rings. The summed E-state index contributed by atoms with van der Waals surface area (Å²) < 4.78 is 39.9. The van der Waals surface area contributed by atoms with E-state index in [-0.39, 0.29) is 10.9 Å². The lowest BCUT2D eigenvalue weighted by Crippen LogP contribution is -2.19. The Morgan fingerprint density at radius 1 is 1.37 bits per heavy atom. The van der Waals surface area contributed by atoms with Gasteiger partial charge in [0.05, 0.1) is 10.9 Å². The van der Waals surface area contributed by atoms with Gasteiger partial charge in [-0.05, 0) is 23.6 Å². The van der Waals surface area contributed by atoms with E-state index < -0.39 is 24.0 Å². The molecule has 0 aliphatic heterocycles. The SMILES string of the molecule is CC(C)C(C(=O)O)c1ccc(OC(F)(F)F)c(Cl)c1. The van der Waals surface area contributed by atoms with Gasteiger partial charge in [-0.3, -0.25) is 4.79 Å². The molecular weight excluding hydrogens is 285 g/mol. The maximum Gasteiger partial charge on any atom is 0.573 e. The molecule has 0 amide bonds. The average molecular weight is 297 g/mol. The second-order valence-corrected chi connectivity index (χ2v) is 4.70. The van der Waals surface area contributed by atoms with Crippen molar-refractivity contribution in [3.8, 4) is 5.75 Å². The number of hydrogen-bond acceptors (Lipinski definition) is 2. The molecule has 0 saturated carbocycles. The molecule has 1 N–H and O–H groups in total. The number of aliphatic carboxylic acids is 1. The molecule has 3 nitrogen and oxygen atoms in total. The molecule has 19 heavy (non-hydrogen) atoms. The summed E-state index contributed by atoms with van der Waals surface area (Å²) in [6, 6.07) is 3.47. The van der Waals surface area contributed by atoms with Crippen LogP contribution in [0.2, 0.25) is 5.02 Å². The van der Waals surface area contributed by atoms with E-state index in [2.05, 4.69) is 4.74 Å². The monoisotopic (exact) mass is 296 g/mol. The van der Waals surface area contributed by atoms with E-state index in [1.165, 1.54) is 12.1 Å². The Balaban J connectivity index is 3.08. The normalized spacial score (nSPS) is 13.4. The molecule has 0 fully saturated rings. The lowest BCUT2D eigenvalue weighted by molar-refractivity contribution is -0.274. The van der Waals surface area contributed by atoms with Crippen molar-refractivity contribution in [2.45, 2.75) is 26.1 Å². The predicted molar refractivity (Wildman–Crippen MR) is 63.3 cm³/mol. The quantitative estimate of drug-likeness (QED) is 0.911. The van der Waals surface area contributed by atoms with Gasteiger partial charge in [0.2, 0.25) is 0 Å². The Labute approximate surface area is 112 Å². The first kappa shape index (κ1) is 15.6. The number of carboxylic acids is 1. The molecule has 1 atom stereocenters. The number of halogens is 4. The first-order valence-corrected chi connectivity index (χ1v) is 5.77. The molecule has 1 aromatic rings. The van der Waals surface area contributed by atoms with Crippen molar-refractivity contribution in [3.05, 3.63) is 28.8 Å². The van der Waals surface area contributed by atoms with E-state index in [4.69, 9.17) is 16.7 Å². The first-order valence-electron chi connectivity index (χ1n) is 5.40. The third-order valence-corrected chi connectivity index (χ3v) is 2.77. The third kappa shape index (κ3) is 4.31. The van der Waals surface area contributed by atoms with Crippen molar-refractivity contribution in [3.63, 3.8) is 0 Å². The smallest absolute Gasteiger partial charge is 0.481 e. The lowest BCUT2D eigenvalue weighted by Gasteiger charge is -2.18. The molecule has 0 spiro atoms. The largest absolute Gasteiger partial charge is 0.573 e. The zero-order valence-corrected chi connectivity index (χ0v) is 10.9. The van der Waals surface area contributed by atoms with Crippen LogP contribution in [0.5, 0.6) is 5.75 Å². The van der Waals surface area contributed by atoms with Gasteiger partial charge in [-0.15, -0.1) is 13.2 Å². The zero-order valence-electron chi connectivity index (χ0n) is 10.2. The van der Waals surface area contributed by atoms with E-state index in [9.17, 15) is 18.0 Å². The van der Waals surface area contributed by atoms with Gasteiger partial charge in [0.1, 0.15) is 5.75 Å². The van der Waals surface area contributed by atoms with E-state index in [0.29, 0.717) is 5.56 Å². The number of hydrogen-bond donors (Lipinski definition) is 1. The van der Waals surface area contributed by atoms with Gasteiger partial charge in [0.25, 0.3) is 0 Å². The number of alkyl halides is 3. The molecule has 7 heteroatoms. The minimum absolute atomic E-state index is 0.219. The van der Waals surface area contributed by atoms with Crippen LogP contribution >= 0.6 is 11.6 Å². The van der Waals surface area contributed by atoms with Crippen molar-refractivity contribution in [1.29, 1.82) is 0 Å². The number of carboxylic acid groups (broad SMARTS) is 1. The Hall–Kier alpha value is -1.43. The second kappa shape index (κ2) is 5.69. The van der Waals surface area contributed by atoms with Crippen LogP contribution in [0, 0.1) is 5.92 Å². The second-order valence-electron chi connectivity index (χ2n) is 4.30. The first-order chi connectivity index (χ1) is 8.61. The maximum absolute atomic E-state index is 12.1. The Morgan fingerprint density at radius 3 is 2.32 bits per heavy atom. The van der Waals surface area contributed by atoms with Gasteiger partial charge < -0.3 is 9.84 Å². The number of ether oxygens (including phenoxy) is 1. The van der Waals surface area contributed by atoms with Gasteiger partial charge in [0.15, 0.2) is 0 Å². The molecule has 0 heterocycles. The minimum Gasteiger partial charge on any atom is -0.481 e. The lowest BCUT2D eigenvalue weighted by atomic mass is 9.88. The van der Waals surface area contributed by atoms with Crippen LogP contribution in [0.1, 0.15) is 25.3 Å². The van der Waals surface area contributed by atoms with Crippen molar-refractivity contribution in [2.24, 2.45) is 5.92 Å². The predicted octanol–water partition coefficient (Wildman–Crippen LogP) is 4.06. The summed E-state index contributed by atoms with van der Waals surface area (Å²) in [5, 5.41) is 8.81. The Morgan fingerprint density at radius 2 is 1.95 bits per heavy atom. The molecular formula is C12H12ClF3O3. The van der Waals surface area contributed by atoms with Crippen LogP contribution in [0.15, 0.2) is 18.2 Å². The summed E-state index contributed by atoms with van der Waals surface area (Å²) in [7, 11) is 0. The van der Waals surface area contributed by atoms with Crippen molar-refractivity contribution in [2.75, 3.05) is 0 Å². The van der Waals surface area contributed by atoms with E-state index in [1.807, 2.05) is 0 Å². The van der Waals surface area contributed by atoms with Gasteiger partial charge in [0, 0.05) is 0 Å². The van der Waals surface area contributed by atoms with Crippen molar-refractivity contribution >= 4 is 17.6 Å². The Bertz CT molecular complexity index is 472. The van der Waals surface area contributed by atoms with Crippen LogP contribution < -0.4 is 4.74 Å². The number of benzene rings is 1. The van der Waals surface area contributed by atoms with E-state index in [1.54, 1.807) is 13.8 Å². The fraction of sp³-hybridized carbons (Fsp3) is 0.417. The summed E-state index contributed by atoms with van der Waals surface area (Å²) in [4.78, 5) is 11.1. The van der Waals surface area contributed by atoms with E-state index in [0.717, 1.165) is 6.07 Å². The average Bonchev–Trinajstić information content (AvgIpc) is 2.19. The molecule has 0 saturated heterocycles. The van der Waals surface area contributed by atoms with Gasteiger partial charge in [-0.25, -0.2) is 0 Å². The van der Waals surface area contributed by atoms with Gasteiger partial charge >= 0.3 is 12.3 Å². The van der Waals surface area contributed by atoms with Crippen LogP contribution in [-0.4, -0.2) is 17.4 Å². The molecule has 1 unspecified atom stereocenters. The Kier molecular flexibility index (Phi) is 4.68. The topological polar surface area (TPSA) is 46.5 Å². The summed E-state index contributed by atoms with van der Waals surface area (Å²) in [6.07, 6.45) is -4.84. The summed E-state index contributed by atoms with van der Waals surface area (Å²) in [5.74, 6) is -2.67. The fourth-order valence-corrected chi connectivity index (χ4v) is 1.96. The van der Waals surface area contributed by atoms with E-state index >= 15 is 0 Å². The molecule has 1 aromatic carbocycles. The summed E-state index contributed by atoms with van der Waals surface area (Å²) in [5.41, 5.74) is 0.335. The standard InChI is InChI=1S/C12H12ClF3O3/c1-6(2)10(11(17)18)7-3-4-9(8(13)5-7)19-12(14,15)16/h3-6,10H,1-2H3,(H,17,18). The summed E-state index contributed by atoms with van der Waals surface area (Å²) >= 11 is 5.67.